The second-order valence-corrected chi connectivity index (χ2v) is 7.00. The number of benzene rings is 1. The van der Waals surface area contributed by atoms with Crippen molar-refractivity contribution in [3.05, 3.63) is 29.3 Å². The first-order chi connectivity index (χ1) is 12.0. The number of guanidine groups is 1. The largest absolute Gasteiger partial charge is 0.496 e. The van der Waals surface area contributed by atoms with Crippen molar-refractivity contribution < 1.29 is 9.47 Å². The van der Waals surface area contributed by atoms with Gasteiger partial charge in [0.15, 0.2) is 5.96 Å². The minimum atomic E-state index is 0.0537. The Hall–Kier alpha value is -1.79. The molecule has 0 saturated carbocycles. The van der Waals surface area contributed by atoms with Crippen LogP contribution in [-0.2, 0) is 11.3 Å². The number of nitrogens with one attached hydrogen (secondary N) is 2. The highest BCUT2D eigenvalue weighted by Gasteiger charge is 2.28. The highest BCUT2D eigenvalue weighted by atomic mass is 16.5. The SMILES string of the molecule is CN=C(NCc1ccc(OC)c(C)c1)NCC(C)(C)N1CCOCC1. The Balaban J connectivity index is 1.85. The van der Waals surface area contributed by atoms with Crippen molar-refractivity contribution in [3.63, 3.8) is 0 Å². The Morgan fingerprint density at radius 2 is 2.00 bits per heavy atom. The van der Waals surface area contributed by atoms with E-state index >= 15 is 0 Å². The molecule has 0 amide bonds. The molecule has 0 aromatic heterocycles. The lowest BCUT2D eigenvalue weighted by molar-refractivity contribution is -0.00834. The number of rotatable bonds is 6. The monoisotopic (exact) mass is 348 g/mol. The molecule has 0 unspecified atom stereocenters. The van der Waals surface area contributed by atoms with E-state index in [1.807, 2.05) is 6.07 Å². The molecule has 1 aromatic rings. The van der Waals surface area contributed by atoms with Crippen molar-refractivity contribution in [3.8, 4) is 5.75 Å². The van der Waals surface area contributed by atoms with E-state index in [9.17, 15) is 0 Å². The molecule has 6 nitrogen and oxygen atoms in total. The van der Waals surface area contributed by atoms with Gasteiger partial charge in [0.05, 0.1) is 20.3 Å². The molecule has 2 rings (SSSR count). The average molecular weight is 348 g/mol. The predicted molar refractivity (Wildman–Crippen MR) is 102 cm³/mol. The van der Waals surface area contributed by atoms with E-state index < -0.39 is 0 Å². The number of methoxy groups -OCH3 is 1. The van der Waals surface area contributed by atoms with E-state index in [0.29, 0.717) is 0 Å². The Morgan fingerprint density at radius 1 is 1.28 bits per heavy atom. The van der Waals surface area contributed by atoms with Crippen LogP contribution in [0.3, 0.4) is 0 Å². The number of aliphatic imine (C=N–C) groups is 1. The molecule has 25 heavy (non-hydrogen) atoms. The van der Waals surface area contributed by atoms with Crippen molar-refractivity contribution in [2.24, 2.45) is 4.99 Å². The highest BCUT2D eigenvalue weighted by Crippen LogP contribution is 2.18. The van der Waals surface area contributed by atoms with E-state index in [2.05, 4.69) is 53.4 Å². The molecule has 1 fully saturated rings. The summed E-state index contributed by atoms with van der Waals surface area (Å²) in [6, 6.07) is 6.21. The zero-order valence-electron chi connectivity index (χ0n) is 16.2. The molecule has 0 atom stereocenters. The summed E-state index contributed by atoms with van der Waals surface area (Å²) in [5.41, 5.74) is 2.39. The smallest absolute Gasteiger partial charge is 0.191 e. The number of aryl methyl sites for hydroxylation is 1. The number of hydrogen-bond acceptors (Lipinski definition) is 4. The van der Waals surface area contributed by atoms with Gasteiger partial charge in [0, 0.05) is 38.8 Å². The fourth-order valence-corrected chi connectivity index (χ4v) is 3.04. The summed E-state index contributed by atoms with van der Waals surface area (Å²) in [6.07, 6.45) is 0. The summed E-state index contributed by atoms with van der Waals surface area (Å²) >= 11 is 0. The molecule has 0 bridgehead atoms. The lowest BCUT2D eigenvalue weighted by Gasteiger charge is -2.41. The molecule has 1 aliphatic heterocycles. The Kier molecular flexibility index (Phi) is 7.08. The first-order valence-corrected chi connectivity index (χ1v) is 8.87. The van der Waals surface area contributed by atoms with E-state index in [1.54, 1.807) is 14.2 Å². The molecule has 1 heterocycles. The van der Waals surface area contributed by atoms with Gasteiger partial charge in [-0.2, -0.15) is 0 Å². The zero-order chi connectivity index (χ0) is 18.3. The Bertz CT molecular complexity index is 581. The third-order valence-corrected chi connectivity index (χ3v) is 4.70. The standard InChI is InChI=1S/C19H32N4O2/c1-15-12-16(6-7-17(15)24-5)13-21-18(20-4)22-14-19(2,3)23-8-10-25-11-9-23/h6-7,12H,8-11,13-14H2,1-5H3,(H2,20,21,22). The summed E-state index contributed by atoms with van der Waals surface area (Å²) < 4.78 is 10.8. The fraction of sp³-hybridized carbons (Fsp3) is 0.632. The highest BCUT2D eigenvalue weighted by molar-refractivity contribution is 5.79. The molecule has 2 N–H and O–H groups in total. The first kappa shape index (κ1) is 19.5. The van der Waals surface area contributed by atoms with Crippen LogP contribution in [0.5, 0.6) is 5.75 Å². The van der Waals surface area contributed by atoms with Gasteiger partial charge in [-0.25, -0.2) is 0 Å². The van der Waals surface area contributed by atoms with Gasteiger partial charge in [-0.3, -0.25) is 9.89 Å². The van der Waals surface area contributed by atoms with Crippen LogP contribution in [0.2, 0.25) is 0 Å². The van der Waals surface area contributed by atoms with Gasteiger partial charge in [0.2, 0.25) is 0 Å². The molecule has 0 aliphatic carbocycles. The number of morpholine rings is 1. The normalized spacial score (nSPS) is 16.6. The van der Waals surface area contributed by atoms with Crippen molar-refractivity contribution in [2.75, 3.05) is 47.0 Å². The van der Waals surface area contributed by atoms with Crippen LogP contribution >= 0.6 is 0 Å². The maximum absolute atomic E-state index is 5.45. The van der Waals surface area contributed by atoms with Crippen LogP contribution in [0.4, 0.5) is 0 Å². The van der Waals surface area contributed by atoms with Crippen LogP contribution in [0.15, 0.2) is 23.2 Å². The van der Waals surface area contributed by atoms with Crippen LogP contribution < -0.4 is 15.4 Å². The van der Waals surface area contributed by atoms with Crippen LogP contribution in [0.1, 0.15) is 25.0 Å². The van der Waals surface area contributed by atoms with Gasteiger partial charge in [-0.15, -0.1) is 0 Å². The summed E-state index contributed by atoms with van der Waals surface area (Å²) in [6.45, 7) is 11.7. The van der Waals surface area contributed by atoms with Gasteiger partial charge < -0.3 is 20.1 Å². The van der Waals surface area contributed by atoms with Crippen molar-refractivity contribution in [1.82, 2.24) is 15.5 Å². The van der Waals surface area contributed by atoms with Crippen LogP contribution in [0.25, 0.3) is 0 Å². The first-order valence-electron chi connectivity index (χ1n) is 8.87. The maximum Gasteiger partial charge on any atom is 0.191 e. The zero-order valence-corrected chi connectivity index (χ0v) is 16.2. The molecule has 0 radical (unpaired) electrons. The second-order valence-electron chi connectivity index (χ2n) is 7.00. The van der Waals surface area contributed by atoms with Gasteiger partial charge in [0.25, 0.3) is 0 Å². The summed E-state index contributed by atoms with van der Waals surface area (Å²) in [5, 5.41) is 6.83. The topological polar surface area (TPSA) is 58.1 Å². The van der Waals surface area contributed by atoms with Crippen molar-refractivity contribution in [1.29, 1.82) is 0 Å². The maximum atomic E-state index is 5.45. The lowest BCUT2D eigenvalue weighted by Crippen LogP contribution is -2.56. The third kappa shape index (κ3) is 5.61. The summed E-state index contributed by atoms with van der Waals surface area (Å²) in [5.74, 6) is 1.73. The Labute approximate surface area is 151 Å². The van der Waals surface area contributed by atoms with Gasteiger partial charge >= 0.3 is 0 Å². The quantitative estimate of drug-likeness (QED) is 0.606. The fourth-order valence-electron chi connectivity index (χ4n) is 3.04. The van der Waals surface area contributed by atoms with Gasteiger partial charge in [0.1, 0.15) is 5.75 Å². The second kappa shape index (κ2) is 9.06. The molecule has 6 heteroatoms. The van der Waals surface area contributed by atoms with Crippen LogP contribution in [0, 0.1) is 6.92 Å². The van der Waals surface area contributed by atoms with Crippen molar-refractivity contribution >= 4 is 5.96 Å². The third-order valence-electron chi connectivity index (χ3n) is 4.70. The number of nitrogens with zero attached hydrogens (tertiary/aromatic N) is 2. The van der Waals surface area contributed by atoms with E-state index in [0.717, 1.165) is 56.7 Å². The molecular weight excluding hydrogens is 316 g/mol. The molecular formula is C19H32N4O2. The molecule has 0 spiro atoms. The summed E-state index contributed by atoms with van der Waals surface area (Å²) in [4.78, 5) is 6.80. The predicted octanol–water partition coefficient (Wildman–Crippen LogP) is 1.78. The minimum Gasteiger partial charge on any atom is -0.496 e. The molecule has 1 aromatic carbocycles. The van der Waals surface area contributed by atoms with Crippen molar-refractivity contribution in [2.45, 2.75) is 32.9 Å². The minimum absolute atomic E-state index is 0.0537. The average Bonchev–Trinajstić information content (AvgIpc) is 2.62. The molecule has 140 valence electrons. The van der Waals surface area contributed by atoms with E-state index in [-0.39, 0.29) is 5.54 Å². The lowest BCUT2D eigenvalue weighted by atomic mass is 10.0. The molecule has 1 saturated heterocycles. The number of hydrogen-bond donors (Lipinski definition) is 2. The summed E-state index contributed by atoms with van der Waals surface area (Å²) in [7, 11) is 3.50. The molecule has 1 aliphatic rings. The van der Waals surface area contributed by atoms with E-state index in [4.69, 9.17) is 9.47 Å². The van der Waals surface area contributed by atoms with E-state index in [1.165, 1.54) is 5.56 Å². The van der Waals surface area contributed by atoms with Gasteiger partial charge in [-0.05, 0) is 38.0 Å². The van der Waals surface area contributed by atoms with Gasteiger partial charge in [-0.1, -0.05) is 12.1 Å². The Morgan fingerprint density at radius 3 is 2.60 bits per heavy atom. The van der Waals surface area contributed by atoms with Crippen LogP contribution in [-0.4, -0.2) is 63.4 Å². The number of ether oxygens (including phenoxy) is 2.